The second-order valence-electron chi connectivity index (χ2n) is 14.4. The molecule has 8 atom stereocenters. The number of amides is 3. The number of hydrogen-bond acceptors (Lipinski definition) is 9. The molecule has 3 aromatic rings. The molecule has 2 N–H and O–H groups in total. The van der Waals surface area contributed by atoms with Gasteiger partial charge in [0, 0.05) is 17.8 Å². The van der Waals surface area contributed by atoms with E-state index in [1.165, 1.54) is 4.90 Å². The van der Waals surface area contributed by atoms with E-state index >= 15 is 4.79 Å². The fraction of sp³-hybridized carbons (Fsp3) is 0.487. The van der Waals surface area contributed by atoms with Crippen molar-refractivity contribution in [2.45, 2.75) is 80.9 Å². The van der Waals surface area contributed by atoms with Gasteiger partial charge in [0.2, 0.25) is 17.7 Å². The molecule has 53 heavy (non-hydrogen) atoms. The number of fused-ring (bicyclic) bond motifs is 2. The number of alkyl halides is 1. The zero-order valence-electron chi connectivity index (χ0n) is 30.1. The van der Waals surface area contributed by atoms with Crippen LogP contribution in [-0.4, -0.2) is 102 Å². The summed E-state index contributed by atoms with van der Waals surface area (Å²) in [6, 6.07) is 14.6. The molecule has 0 radical (unpaired) electrons. The number of nitrogens with one attached hydrogen (secondary N) is 1. The number of likely N-dealkylation sites (tertiary alicyclic amines) is 1. The number of rotatable bonds is 17. The summed E-state index contributed by atoms with van der Waals surface area (Å²) >= 11 is 3.73. The van der Waals surface area contributed by atoms with Gasteiger partial charge in [0.15, 0.2) is 0 Å². The summed E-state index contributed by atoms with van der Waals surface area (Å²) in [5.41, 5.74) is 0.665. The first-order valence-electron chi connectivity index (χ1n) is 18.1. The lowest BCUT2D eigenvalue weighted by molar-refractivity contribution is -0.161. The van der Waals surface area contributed by atoms with Gasteiger partial charge in [0.05, 0.1) is 42.6 Å². The van der Waals surface area contributed by atoms with E-state index in [9.17, 15) is 19.5 Å². The zero-order valence-corrected chi connectivity index (χ0v) is 31.6. The topological polar surface area (TPSA) is 156 Å². The molecule has 0 aliphatic carbocycles. The number of halogens is 1. The number of aliphatic hydroxyl groups excluding tert-OH is 1. The molecule has 2 bridgehead atoms. The number of aliphatic hydroxyl groups is 1. The van der Waals surface area contributed by atoms with Crippen molar-refractivity contribution in [2.24, 2.45) is 17.8 Å². The summed E-state index contributed by atoms with van der Waals surface area (Å²) in [5.74, 6) is -3.77. The monoisotopic (exact) mass is 790 g/mol. The molecule has 3 amide bonds. The Morgan fingerprint density at radius 1 is 1.15 bits per heavy atom. The second kappa shape index (κ2) is 16.3. The third-order valence-corrected chi connectivity index (χ3v) is 11.3. The van der Waals surface area contributed by atoms with Crippen LogP contribution in [0.15, 0.2) is 79.9 Å². The molecule has 3 fully saturated rings. The molecule has 3 aliphatic rings. The van der Waals surface area contributed by atoms with Crippen LogP contribution in [0.2, 0.25) is 0 Å². The van der Waals surface area contributed by atoms with Crippen molar-refractivity contribution < 1.29 is 33.8 Å². The molecule has 282 valence electrons. The normalized spacial score (nSPS) is 25.6. The highest BCUT2D eigenvalue weighted by Crippen LogP contribution is 2.61. The lowest BCUT2D eigenvalue weighted by Gasteiger charge is -2.39. The van der Waals surface area contributed by atoms with E-state index in [2.05, 4.69) is 44.7 Å². The Morgan fingerprint density at radius 3 is 2.58 bits per heavy atom. The van der Waals surface area contributed by atoms with Crippen LogP contribution in [-0.2, 0) is 35.3 Å². The standard InChI is InChI=1S/C39H47BrN6O7/c1-5-7-17-31(48)41-21-30(25-13-9-8-10-14-25)52-38(51)32-33-36(49)46(26(22-47)19-24(3)4)35(39(33)20-27(40)34(32)53-39)37(50)44(18-6-2)23-45-29-16-12-11-15-28(29)42-43-45/h5-6,8-16,24,26-27,30,32-35,47H,1-2,7,17-23H2,3-4H3,(H,41,48)/t26-,27?,30-,32+,33-,34+,35+,39-/m1/s1. The lowest BCUT2D eigenvalue weighted by atomic mass is 9.70. The van der Waals surface area contributed by atoms with E-state index in [0.29, 0.717) is 23.9 Å². The predicted molar refractivity (Wildman–Crippen MR) is 200 cm³/mol. The van der Waals surface area contributed by atoms with Gasteiger partial charge in [0.25, 0.3) is 0 Å². The molecule has 2 aromatic carbocycles. The number of carbonyl (C=O) groups excluding carboxylic acids is 4. The summed E-state index contributed by atoms with van der Waals surface area (Å²) in [4.78, 5) is 59.5. The number of carbonyl (C=O) groups is 4. The van der Waals surface area contributed by atoms with Crippen molar-refractivity contribution in [2.75, 3.05) is 19.7 Å². The summed E-state index contributed by atoms with van der Waals surface area (Å²) in [6.45, 7) is 11.3. The van der Waals surface area contributed by atoms with Crippen LogP contribution in [0.5, 0.6) is 0 Å². The van der Waals surface area contributed by atoms with E-state index < -0.39 is 59.5 Å². The Labute approximate surface area is 317 Å². The van der Waals surface area contributed by atoms with Crippen LogP contribution in [0, 0.1) is 17.8 Å². The summed E-state index contributed by atoms with van der Waals surface area (Å²) < 4.78 is 14.6. The third kappa shape index (κ3) is 7.41. The average Bonchev–Trinajstić information content (AvgIpc) is 3.88. The van der Waals surface area contributed by atoms with E-state index in [1.54, 1.807) is 33.9 Å². The summed E-state index contributed by atoms with van der Waals surface area (Å²) in [5, 5.41) is 22.1. The fourth-order valence-corrected chi connectivity index (χ4v) is 9.14. The van der Waals surface area contributed by atoms with Crippen molar-refractivity contribution in [3.8, 4) is 0 Å². The van der Waals surface area contributed by atoms with Gasteiger partial charge in [-0.05, 0) is 42.9 Å². The Kier molecular flexibility index (Phi) is 11.8. The Morgan fingerprint density at radius 2 is 1.89 bits per heavy atom. The molecule has 3 saturated heterocycles. The van der Waals surface area contributed by atoms with Crippen molar-refractivity contribution in [1.29, 1.82) is 0 Å². The van der Waals surface area contributed by atoms with Crippen molar-refractivity contribution >= 4 is 50.7 Å². The number of para-hydroxylation sites is 1. The highest BCUT2D eigenvalue weighted by atomic mass is 79.9. The minimum Gasteiger partial charge on any atom is -0.455 e. The molecule has 1 spiro atoms. The van der Waals surface area contributed by atoms with Crippen LogP contribution < -0.4 is 5.32 Å². The molecule has 6 rings (SSSR count). The summed E-state index contributed by atoms with van der Waals surface area (Å²) in [7, 11) is 0. The fourth-order valence-electron chi connectivity index (χ4n) is 8.20. The van der Waals surface area contributed by atoms with Crippen LogP contribution in [0.4, 0.5) is 0 Å². The first kappa shape index (κ1) is 38.3. The maximum absolute atomic E-state index is 15.0. The minimum atomic E-state index is -1.40. The molecule has 1 aromatic heterocycles. The lowest BCUT2D eigenvalue weighted by Crippen LogP contribution is -2.59. The molecule has 13 nitrogen and oxygen atoms in total. The number of allylic oxidation sites excluding steroid dienone is 1. The Bertz CT molecular complexity index is 1840. The highest BCUT2D eigenvalue weighted by Gasteiger charge is 2.77. The number of esters is 1. The van der Waals surface area contributed by atoms with Crippen LogP contribution in [0.3, 0.4) is 0 Å². The van der Waals surface area contributed by atoms with Gasteiger partial charge >= 0.3 is 5.97 Å². The first-order valence-corrected chi connectivity index (χ1v) is 19.0. The maximum atomic E-state index is 15.0. The minimum absolute atomic E-state index is 0.0164. The van der Waals surface area contributed by atoms with Gasteiger partial charge in [0.1, 0.15) is 29.9 Å². The van der Waals surface area contributed by atoms with Gasteiger partial charge in [-0.15, -0.1) is 18.3 Å². The quantitative estimate of drug-likeness (QED) is 0.118. The predicted octanol–water partition coefficient (Wildman–Crippen LogP) is 3.93. The van der Waals surface area contributed by atoms with Gasteiger partial charge in [-0.3, -0.25) is 19.2 Å². The molecule has 3 aliphatic heterocycles. The van der Waals surface area contributed by atoms with Gasteiger partial charge < -0.3 is 29.7 Å². The van der Waals surface area contributed by atoms with Crippen LogP contribution in [0.1, 0.15) is 51.2 Å². The van der Waals surface area contributed by atoms with E-state index in [-0.39, 0.29) is 55.9 Å². The number of ether oxygens (including phenoxy) is 2. The van der Waals surface area contributed by atoms with Gasteiger partial charge in [-0.2, -0.15) is 0 Å². The zero-order chi connectivity index (χ0) is 37.9. The molecular formula is C39H47BrN6O7. The third-order valence-electron chi connectivity index (χ3n) is 10.5. The number of benzene rings is 2. The van der Waals surface area contributed by atoms with Crippen LogP contribution >= 0.6 is 15.9 Å². The number of hydrogen-bond donors (Lipinski definition) is 2. The second-order valence-corrected chi connectivity index (χ2v) is 15.6. The molecular weight excluding hydrogens is 744 g/mol. The van der Waals surface area contributed by atoms with E-state index in [0.717, 1.165) is 5.52 Å². The highest BCUT2D eigenvalue weighted by molar-refractivity contribution is 9.09. The Hall–Kier alpha value is -4.40. The largest absolute Gasteiger partial charge is 0.455 e. The van der Waals surface area contributed by atoms with Gasteiger partial charge in [-0.25, -0.2) is 4.68 Å². The SMILES string of the molecule is C=CCCC(=O)NC[C@@H](OC(=O)[C@@H]1[C@H]2O[C@@]3(CC2Br)[C@H](C(=O)N(CC=C)Cn2nnc4ccccc42)N([C@@H](CO)CC(C)C)C(=O)[C@@H]13)c1ccccc1. The molecule has 4 heterocycles. The smallest absolute Gasteiger partial charge is 0.313 e. The average molecular weight is 792 g/mol. The van der Waals surface area contributed by atoms with Gasteiger partial charge in [-0.1, -0.05) is 89.6 Å². The van der Waals surface area contributed by atoms with E-state index in [1.807, 2.05) is 56.3 Å². The number of nitrogens with zero attached hydrogens (tertiary/aromatic N) is 5. The van der Waals surface area contributed by atoms with Crippen molar-refractivity contribution in [3.05, 3.63) is 85.5 Å². The number of aromatic nitrogens is 3. The molecule has 14 heteroatoms. The summed E-state index contributed by atoms with van der Waals surface area (Å²) in [6.07, 6.45) is 3.09. The first-order chi connectivity index (χ1) is 25.5. The van der Waals surface area contributed by atoms with Crippen molar-refractivity contribution in [1.82, 2.24) is 30.1 Å². The van der Waals surface area contributed by atoms with Crippen molar-refractivity contribution in [3.63, 3.8) is 0 Å². The Balaban J connectivity index is 1.35. The molecule has 1 unspecified atom stereocenters. The van der Waals surface area contributed by atoms with Crippen LogP contribution in [0.25, 0.3) is 11.0 Å². The maximum Gasteiger partial charge on any atom is 0.313 e. The molecule has 0 saturated carbocycles. The van der Waals surface area contributed by atoms with E-state index in [4.69, 9.17) is 9.47 Å².